The highest BCUT2D eigenvalue weighted by Gasteiger charge is 2.27. The average Bonchev–Trinajstić information content (AvgIpc) is 3.34. The zero-order chi connectivity index (χ0) is 19.7. The lowest BCUT2D eigenvalue weighted by Crippen LogP contribution is -2.45. The second-order valence-corrected chi connectivity index (χ2v) is 9.78. The molecule has 3 heterocycles. The van der Waals surface area contributed by atoms with Crippen molar-refractivity contribution in [3.05, 3.63) is 27.7 Å². The normalized spacial score (nSPS) is 19.5. The minimum Gasteiger partial charge on any atom is -0.306 e. The Balaban J connectivity index is 1.43. The van der Waals surface area contributed by atoms with Crippen molar-refractivity contribution in [2.24, 2.45) is 7.05 Å². The number of piperidine rings is 1. The van der Waals surface area contributed by atoms with Crippen molar-refractivity contribution >= 4 is 40.9 Å². The molecule has 0 spiro atoms. The van der Waals surface area contributed by atoms with Crippen LogP contribution in [0.15, 0.2) is 12.4 Å². The van der Waals surface area contributed by atoms with Crippen LogP contribution in [0.3, 0.4) is 0 Å². The number of likely N-dealkylation sites (N-methyl/N-ethyl adjacent to an activating group) is 1. The minimum absolute atomic E-state index is 0.168. The molecule has 7 nitrogen and oxygen atoms in total. The zero-order valence-corrected chi connectivity index (χ0v) is 18.3. The number of urea groups is 1. The van der Waals surface area contributed by atoms with E-state index in [9.17, 15) is 4.79 Å². The van der Waals surface area contributed by atoms with Crippen molar-refractivity contribution in [2.75, 3.05) is 29.8 Å². The maximum Gasteiger partial charge on any atom is 0.330 e. The molecule has 28 heavy (non-hydrogen) atoms. The summed E-state index contributed by atoms with van der Waals surface area (Å²) in [7, 11) is 4.07. The standard InChI is InChI=1S/C19H28N6OS2/c1-13-18(16-7-4-8-17(16)27-13)21-19(26)22-28-25(15-10-20-24(3)12-15)14-6-5-9-23(2)11-14/h10,12,14H,4-9,11H2,1-3H3,(H2,21,22,26). The van der Waals surface area contributed by atoms with E-state index in [0.717, 1.165) is 50.1 Å². The number of carbonyl (C=O) groups is 1. The molecular weight excluding hydrogens is 392 g/mol. The third-order valence-corrected chi connectivity index (χ3v) is 7.64. The Bertz CT molecular complexity index is 848. The molecule has 0 saturated carbocycles. The van der Waals surface area contributed by atoms with Crippen LogP contribution in [0.5, 0.6) is 0 Å². The first-order chi connectivity index (χ1) is 13.5. The number of hydrogen-bond donors (Lipinski definition) is 2. The van der Waals surface area contributed by atoms with Gasteiger partial charge in [-0.1, -0.05) is 0 Å². The third-order valence-electron chi connectivity index (χ3n) is 5.45. The van der Waals surface area contributed by atoms with Gasteiger partial charge in [0.1, 0.15) is 0 Å². The summed E-state index contributed by atoms with van der Waals surface area (Å²) in [5, 5.41) is 7.41. The van der Waals surface area contributed by atoms with Gasteiger partial charge in [-0.05, 0) is 58.2 Å². The molecule has 152 valence electrons. The highest BCUT2D eigenvalue weighted by atomic mass is 32.2. The molecule has 4 rings (SSSR count). The Morgan fingerprint density at radius 2 is 2.21 bits per heavy atom. The molecular formula is C19H28N6OS2. The van der Waals surface area contributed by atoms with Crippen molar-refractivity contribution in [3.8, 4) is 0 Å². The number of fused-ring (bicyclic) bond motifs is 1. The maximum atomic E-state index is 12.7. The molecule has 1 atom stereocenters. The van der Waals surface area contributed by atoms with E-state index in [4.69, 9.17) is 0 Å². The molecule has 1 fully saturated rings. The van der Waals surface area contributed by atoms with Gasteiger partial charge in [-0.3, -0.25) is 13.7 Å². The Morgan fingerprint density at radius 1 is 1.36 bits per heavy atom. The molecule has 1 aliphatic carbocycles. The molecule has 2 aromatic rings. The summed E-state index contributed by atoms with van der Waals surface area (Å²) in [6.07, 6.45) is 9.52. The summed E-state index contributed by atoms with van der Waals surface area (Å²) in [5.41, 5.74) is 3.36. The number of nitrogens with zero attached hydrogens (tertiary/aromatic N) is 4. The molecule has 2 N–H and O–H groups in total. The van der Waals surface area contributed by atoms with Crippen LogP contribution in [0.2, 0.25) is 0 Å². The number of aromatic nitrogens is 2. The first-order valence-electron chi connectivity index (χ1n) is 9.83. The third kappa shape index (κ3) is 4.16. The van der Waals surface area contributed by atoms with Gasteiger partial charge in [-0.25, -0.2) is 4.79 Å². The van der Waals surface area contributed by atoms with Crippen molar-refractivity contribution < 1.29 is 4.79 Å². The van der Waals surface area contributed by atoms with Crippen LogP contribution in [0.1, 0.15) is 34.6 Å². The van der Waals surface area contributed by atoms with Gasteiger partial charge in [0.15, 0.2) is 0 Å². The molecule has 1 unspecified atom stereocenters. The fourth-order valence-electron chi connectivity index (χ4n) is 4.13. The fourth-order valence-corrected chi connectivity index (χ4v) is 6.10. The molecule has 0 radical (unpaired) electrons. The van der Waals surface area contributed by atoms with Gasteiger partial charge in [-0.2, -0.15) is 5.10 Å². The van der Waals surface area contributed by atoms with Crippen molar-refractivity contribution in [1.82, 2.24) is 19.4 Å². The summed E-state index contributed by atoms with van der Waals surface area (Å²) in [4.78, 5) is 17.6. The number of rotatable bonds is 5. The van der Waals surface area contributed by atoms with Crippen LogP contribution in [0.4, 0.5) is 16.2 Å². The SMILES string of the molecule is Cc1sc2c(c1NC(=O)NSN(c1cnn(C)c1)C1CCCN(C)C1)CCC2. The van der Waals surface area contributed by atoms with Gasteiger partial charge in [0.2, 0.25) is 0 Å². The second kappa shape index (κ2) is 8.34. The van der Waals surface area contributed by atoms with Crippen molar-refractivity contribution in [2.45, 2.75) is 45.1 Å². The number of aryl methyl sites for hydroxylation is 3. The van der Waals surface area contributed by atoms with E-state index < -0.39 is 0 Å². The second-order valence-electron chi connectivity index (χ2n) is 7.69. The number of anilines is 2. The molecule has 2 aromatic heterocycles. The highest BCUT2D eigenvalue weighted by Crippen LogP contribution is 2.38. The largest absolute Gasteiger partial charge is 0.330 e. The predicted octanol–water partition coefficient (Wildman–Crippen LogP) is 3.56. The Kier molecular flexibility index (Phi) is 5.84. The zero-order valence-electron chi connectivity index (χ0n) is 16.7. The maximum absolute atomic E-state index is 12.7. The van der Waals surface area contributed by atoms with E-state index in [2.05, 4.69) is 38.3 Å². The Morgan fingerprint density at radius 3 is 2.96 bits per heavy atom. The Labute approximate surface area is 174 Å². The molecule has 9 heteroatoms. The number of carbonyl (C=O) groups excluding carboxylic acids is 1. The molecule has 2 aliphatic rings. The van der Waals surface area contributed by atoms with Crippen LogP contribution < -0.4 is 14.3 Å². The predicted molar refractivity (Wildman–Crippen MR) is 117 cm³/mol. The van der Waals surface area contributed by atoms with Crippen molar-refractivity contribution in [1.29, 1.82) is 0 Å². The van der Waals surface area contributed by atoms with E-state index in [0.29, 0.717) is 6.04 Å². The first-order valence-corrected chi connectivity index (χ1v) is 11.4. The summed E-state index contributed by atoms with van der Waals surface area (Å²) in [5.74, 6) is 0. The van der Waals surface area contributed by atoms with Crippen molar-refractivity contribution in [3.63, 3.8) is 0 Å². The summed E-state index contributed by atoms with van der Waals surface area (Å²) in [6, 6.07) is 0.166. The van der Waals surface area contributed by atoms with Gasteiger partial charge in [0.05, 0.1) is 35.7 Å². The van der Waals surface area contributed by atoms with Gasteiger partial charge in [-0.15, -0.1) is 11.3 Å². The van der Waals surface area contributed by atoms with Gasteiger partial charge in [0.25, 0.3) is 0 Å². The van der Waals surface area contributed by atoms with E-state index >= 15 is 0 Å². The summed E-state index contributed by atoms with van der Waals surface area (Å²) in [6.45, 7) is 4.19. The van der Waals surface area contributed by atoms with Gasteiger partial charge < -0.3 is 10.2 Å². The van der Waals surface area contributed by atoms with E-state index in [1.807, 2.05) is 30.8 Å². The van der Waals surface area contributed by atoms with Gasteiger partial charge in [0, 0.05) is 29.5 Å². The van der Waals surface area contributed by atoms with E-state index in [1.165, 1.54) is 33.9 Å². The quantitative estimate of drug-likeness (QED) is 0.724. The first kappa shape index (κ1) is 19.6. The number of hydrogen-bond acceptors (Lipinski definition) is 6. The lowest BCUT2D eigenvalue weighted by molar-refractivity contribution is 0.253. The summed E-state index contributed by atoms with van der Waals surface area (Å²) < 4.78 is 6.99. The van der Waals surface area contributed by atoms with E-state index in [-0.39, 0.29) is 6.03 Å². The van der Waals surface area contributed by atoms with Crippen LogP contribution in [0, 0.1) is 6.92 Å². The number of nitrogens with one attached hydrogen (secondary N) is 2. The Hall–Kier alpha value is -1.71. The molecule has 1 aliphatic heterocycles. The number of thiophene rings is 1. The average molecular weight is 421 g/mol. The molecule has 0 bridgehead atoms. The highest BCUT2D eigenvalue weighted by molar-refractivity contribution is 7.99. The smallest absolute Gasteiger partial charge is 0.306 e. The van der Waals surface area contributed by atoms with Crippen LogP contribution in [-0.4, -0.2) is 46.9 Å². The number of likely N-dealkylation sites (tertiary alicyclic amines) is 1. The monoisotopic (exact) mass is 420 g/mol. The van der Waals surface area contributed by atoms with Crippen LogP contribution in [-0.2, 0) is 19.9 Å². The lowest BCUT2D eigenvalue weighted by Gasteiger charge is -2.37. The van der Waals surface area contributed by atoms with Gasteiger partial charge >= 0.3 is 6.03 Å². The van der Waals surface area contributed by atoms with E-state index in [1.54, 1.807) is 4.68 Å². The van der Waals surface area contributed by atoms with Crippen LogP contribution >= 0.6 is 23.5 Å². The molecule has 2 amide bonds. The summed E-state index contributed by atoms with van der Waals surface area (Å²) >= 11 is 3.18. The molecule has 0 aromatic carbocycles. The van der Waals surface area contributed by atoms with Crippen LogP contribution in [0.25, 0.3) is 0 Å². The topological polar surface area (TPSA) is 65.4 Å². The number of amides is 2. The molecule has 1 saturated heterocycles. The minimum atomic E-state index is -0.168. The fraction of sp³-hybridized carbons (Fsp3) is 0.579. The lowest BCUT2D eigenvalue weighted by atomic mass is 10.1.